The number of nitrogens with one attached hydrogen (secondary N) is 2. The van der Waals surface area contributed by atoms with Crippen LogP contribution in [-0.4, -0.2) is 25.6 Å². The second kappa shape index (κ2) is 12.0. The van der Waals surface area contributed by atoms with Gasteiger partial charge in [-0.15, -0.1) is 0 Å². The van der Waals surface area contributed by atoms with Gasteiger partial charge in [0.2, 0.25) is 12.3 Å². The number of methoxy groups -OCH3 is 2. The van der Waals surface area contributed by atoms with Crippen molar-refractivity contribution in [3.63, 3.8) is 0 Å². The van der Waals surface area contributed by atoms with E-state index in [1.165, 1.54) is 26.5 Å². The molecule has 0 aliphatic rings. The number of rotatable bonds is 7. The van der Waals surface area contributed by atoms with Crippen LogP contribution in [0.4, 0.5) is 30.2 Å². The summed E-state index contributed by atoms with van der Waals surface area (Å²) in [4.78, 5) is 14.5. The highest BCUT2D eigenvalue weighted by molar-refractivity contribution is 5.83. The summed E-state index contributed by atoms with van der Waals surface area (Å²) in [6, 6.07) is 6.26. The number of halogens is 3. The molecule has 8 nitrogen and oxygen atoms in total. The van der Waals surface area contributed by atoms with Crippen LogP contribution in [0.3, 0.4) is 0 Å². The van der Waals surface area contributed by atoms with Gasteiger partial charge >= 0.3 is 6.18 Å². The Kier molecular flexibility index (Phi) is 9.70. The number of nitrogens with zero attached hydrogens (tertiary/aromatic N) is 1. The van der Waals surface area contributed by atoms with E-state index in [9.17, 15) is 18.0 Å². The number of benzene rings is 1. The molecule has 1 aromatic carbocycles. The van der Waals surface area contributed by atoms with Crippen molar-refractivity contribution < 1.29 is 27.4 Å². The number of amides is 1. The molecule has 1 aromatic heterocycles. The van der Waals surface area contributed by atoms with Crippen molar-refractivity contribution >= 4 is 23.5 Å². The van der Waals surface area contributed by atoms with Gasteiger partial charge in [0.1, 0.15) is 0 Å². The lowest BCUT2D eigenvalue weighted by Crippen LogP contribution is -2.07. The molecule has 1 amide bonds. The molecule has 0 saturated carbocycles. The number of hydrogen-bond acceptors (Lipinski definition) is 7. The molecule has 6 N–H and O–H groups in total. The topological polar surface area (TPSA) is 125 Å². The Bertz CT molecular complexity index is 909. The van der Waals surface area contributed by atoms with Crippen LogP contribution in [0.25, 0.3) is 0 Å². The van der Waals surface area contributed by atoms with Crippen molar-refractivity contribution in [1.29, 1.82) is 0 Å². The van der Waals surface area contributed by atoms with Gasteiger partial charge in [0.05, 0.1) is 43.0 Å². The average Bonchev–Trinajstić information content (AvgIpc) is 2.73. The first-order chi connectivity index (χ1) is 14.6. The first-order valence-corrected chi connectivity index (χ1v) is 8.72. The largest absolute Gasteiger partial charge is 0.483 e. The van der Waals surface area contributed by atoms with Gasteiger partial charge < -0.3 is 31.6 Å². The molecule has 0 radical (unpaired) electrons. The summed E-state index contributed by atoms with van der Waals surface area (Å²) in [5.41, 5.74) is 11.3. The third-order valence-electron chi connectivity index (χ3n) is 3.53. The maximum absolute atomic E-state index is 12.7. The number of hydrogen-bond donors (Lipinski definition) is 4. The van der Waals surface area contributed by atoms with E-state index < -0.39 is 11.7 Å². The highest BCUT2D eigenvalue weighted by Crippen LogP contribution is 2.34. The molecule has 0 aliphatic heterocycles. The molecule has 11 heteroatoms. The molecule has 0 atom stereocenters. The Labute approximate surface area is 177 Å². The number of carbonyl (C=O) groups excluding carboxylic acids is 1. The van der Waals surface area contributed by atoms with Crippen molar-refractivity contribution in [2.75, 3.05) is 24.9 Å². The first kappa shape index (κ1) is 25.1. The lowest BCUT2D eigenvalue weighted by Gasteiger charge is -2.14. The lowest BCUT2D eigenvalue weighted by molar-refractivity contribution is -0.137. The summed E-state index contributed by atoms with van der Waals surface area (Å²) in [5, 5.41) is 5.12. The second-order valence-corrected chi connectivity index (χ2v) is 5.92. The molecule has 0 unspecified atom stereocenters. The van der Waals surface area contributed by atoms with Crippen molar-refractivity contribution in [1.82, 2.24) is 4.98 Å². The smallest absolute Gasteiger partial charge is 0.416 e. The fourth-order valence-electron chi connectivity index (χ4n) is 2.02. The molecular weight excluding hydrogens is 415 g/mol. The van der Waals surface area contributed by atoms with Gasteiger partial charge in [-0.2, -0.15) is 13.2 Å². The Morgan fingerprint density at radius 1 is 1.10 bits per heavy atom. The summed E-state index contributed by atoms with van der Waals surface area (Å²) in [6.45, 7) is 1.78. The number of ether oxygens (including phenoxy) is 2. The van der Waals surface area contributed by atoms with Gasteiger partial charge in [-0.1, -0.05) is 0 Å². The van der Waals surface area contributed by atoms with Crippen LogP contribution in [0.15, 0.2) is 60.3 Å². The zero-order valence-corrected chi connectivity index (χ0v) is 17.2. The standard InChI is InChI=1S/C14H12F3N3O2.C6H12N2O/c1-22-13-5-3-10(7-18-13)20-11-4-2-9(14(15,16)17)6-12(11)19-8-21;1-5(7)3-4-6(8)9-2/h2-8,20H,1H3,(H,19,21);3-4H,7-8H2,1-2H3/b;5-3-,6-4+. The SMILES string of the molecule is CO/C(N)=C/C=C(/C)N.COc1ccc(Nc2ccc(C(F)(F)F)cc2NC=O)cn1. The molecule has 2 aromatic rings. The molecule has 0 bridgehead atoms. The van der Waals surface area contributed by atoms with E-state index in [2.05, 4.69) is 20.4 Å². The Hall–Kier alpha value is -3.89. The molecule has 1 heterocycles. The third-order valence-corrected chi connectivity index (χ3v) is 3.53. The van der Waals surface area contributed by atoms with Crippen LogP contribution in [0.2, 0.25) is 0 Å². The predicted molar refractivity (Wildman–Crippen MR) is 112 cm³/mol. The van der Waals surface area contributed by atoms with Crippen LogP contribution < -0.4 is 26.8 Å². The maximum Gasteiger partial charge on any atom is 0.416 e. The van der Waals surface area contributed by atoms with Crippen LogP contribution in [0.1, 0.15) is 12.5 Å². The summed E-state index contributed by atoms with van der Waals surface area (Å²) in [5.74, 6) is 0.768. The monoisotopic (exact) mass is 439 g/mol. The second-order valence-electron chi connectivity index (χ2n) is 5.92. The van der Waals surface area contributed by atoms with Gasteiger partial charge in [-0.05, 0) is 43.3 Å². The maximum atomic E-state index is 12.7. The molecule has 168 valence electrons. The predicted octanol–water partition coefficient (Wildman–Crippen LogP) is 3.72. The fourth-order valence-corrected chi connectivity index (χ4v) is 2.02. The number of alkyl halides is 3. The van der Waals surface area contributed by atoms with Gasteiger partial charge in [0.25, 0.3) is 0 Å². The number of pyridine rings is 1. The Morgan fingerprint density at radius 2 is 1.81 bits per heavy atom. The van der Waals surface area contributed by atoms with Crippen LogP contribution in [-0.2, 0) is 15.7 Å². The Morgan fingerprint density at radius 3 is 2.29 bits per heavy atom. The van der Waals surface area contributed by atoms with Gasteiger partial charge in [0, 0.05) is 11.8 Å². The van der Waals surface area contributed by atoms with Crippen molar-refractivity contribution in [2.45, 2.75) is 13.1 Å². The molecule has 0 saturated heterocycles. The Balaban J connectivity index is 0.000000452. The van der Waals surface area contributed by atoms with Crippen molar-refractivity contribution in [2.24, 2.45) is 11.5 Å². The van der Waals surface area contributed by atoms with E-state index in [0.717, 1.165) is 12.1 Å². The van der Waals surface area contributed by atoms with Crippen LogP contribution in [0, 0.1) is 0 Å². The summed E-state index contributed by atoms with van der Waals surface area (Å²) < 4.78 is 47.6. The highest BCUT2D eigenvalue weighted by atomic mass is 19.4. The molecule has 0 spiro atoms. The molecule has 0 fully saturated rings. The van der Waals surface area contributed by atoms with Gasteiger partial charge in [-0.3, -0.25) is 4.79 Å². The van der Waals surface area contributed by atoms with Gasteiger partial charge in [-0.25, -0.2) is 4.98 Å². The number of allylic oxidation sites excluding steroid dienone is 3. The zero-order chi connectivity index (χ0) is 23.4. The van der Waals surface area contributed by atoms with E-state index in [1.807, 2.05) is 0 Å². The molecule has 31 heavy (non-hydrogen) atoms. The van der Waals surface area contributed by atoms with E-state index in [-0.39, 0.29) is 5.69 Å². The van der Waals surface area contributed by atoms with E-state index in [0.29, 0.717) is 35.2 Å². The number of carbonyl (C=O) groups is 1. The zero-order valence-electron chi connectivity index (χ0n) is 17.2. The van der Waals surface area contributed by atoms with Gasteiger partial charge in [0.15, 0.2) is 5.88 Å². The average molecular weight is 439 g/mol. The number of anilines is 3. The summed E-state index contributed by atoms with van der Waals surface area (Å²) in [6.07, 6.45) is 0.571. The minimum Gasteiger partial charge on any atom is -0.483 e. The van der Waals surface area contributed by atoms with E-state index in [4.69, 9.17) is 16.2 Å². The van der Waals surface area contributed by atoms with Crippen LogP contribution in [0.5, 0.6) is 5.88 Å². The number of nitrogens with two attached hydrogens (primary N) is 2. The fraction of sp³-hybridized carbons (Fsp3) is 0.200. The highest BCUT2D eigenvalue weighted by Gasteiger charge is 2.31. The number of aromatic nitrogens is 1. The third kappa shape index (κ3) is 8.98. The van der Waals surface area contributed by atoms with E-state index >= 15 is 0 Å². The van der Waals surface area contributed by atoms with Crippen molar-refractivity contribution in [3.8, 4) is 5.88 Å². The molecule has 0 aliphatic carbocycles. The lowest BCUT2D eigenvalue weighted by atomic mass is 10.1. The minimum atomic E-state index is -4.49. The summed E-state index contributed by atoms with van der Waals surface area (Å²) in [7, 11) is 2.98. The normalized spacial score (nSPS) is 11.7. The first-order valence-electron chi connectivity index (χ1n) is 8.72. The minimum absolute atomic E-state index is 0.0145. The molecule has 2 rings (SSSR count). The quantitative estimate of drug-likeness (QED) is 0.294. The molecular formula is C20H24F3N5O3. The van der Waals surface area contributed by atoms with Crippen LogP contribution >= 0.6 is 0 Å². The van der Waals surface area contributed by atoms with Crippen molar-refractivity contribution in [3.05, 3.63) is 65.8 Å². The van der Waals surface area contributed by atoms with E-state index in [1.54, 1.807) is 31.2 Å². The summed E-state index contributed by atoms with van der Waals surface area (Å²) >= 11 is 0.